The summed E-state index contributed by atoms with van der Waals surface area (Å²) >= 11 is 0. The second-order valence-electron chi connectivity index (χ2n) is 8.96. The third kappa shape index (κ3) is 7.11. The van der Waals surface area contributed by atoms with Gasteiger partial charge in [0.1, 0.15) is 5.75 Å². The summed E-state index contributed by atoms with van der Waals surface area (Å²) in [6.45, 7) is 2.24. The predicted octanol–water partition coefficient (Wildman–Crippen LogP) is 8.56. The molecule has 0 aliphatic heterocycles. The van der Waals surface area contributed by atoms with E-state index in [9.17, 15) is 18.0 Å². The Balaban J connectivity index is 1.48. The summed E-state index contributed by atoms with van der Waals surface area (Å²) in [5.74, 6) is 0.931. The Hall–Kier alpha value is -2.30. The summed E-state index contributed by atoms with van der Waals surface area (Å²) in [5.41, 5.74) is 0.265. The first-order valence-electron chi connectivity index (χ1n) is 11.9. The highest BCUT2D eigenvalue weighted by molar-refractivity contribution is 5.91. The van der Waals surface area contributed by atoms with E-state index < -0.39 is 17.7 Å². The standard InChI is InChI=1S/C27H33F3O2/c1-2-3-4-5-6-8-20-11-13-21(14-12-20)22-15-17-25(18-16-22)32-26(31)23-9-7-10-24(19-23)27(28,29)30/h7,9-10,15-21H,2-6,8,11-14H2,1H3/t20-,21-. The van der Waals surface area contributed by atoms with Crippen molar-refractivity contribution in [3.63, 3.8) is 0 Å². The van der Waals surface area contributed by atoms with Crippen molar-refractivity contribution in [2.45, 2.75) is 83.2 Å². The van der Waals surface area contributed by atoms with Crippen molar-refractivity contribution in [2.75, 3.05) is 0 Å². The molecule has 1 fully saturated rings. The smallest absolute Gasteiger partial charge is 0.416 e. The zero-order valence-electron chi connectivity index (χ0n) is 18.8. The lowest BCUT2D eigenvalue weighted by atomic mass is 9.77. The quantitative estimate of drug-likeness (QED) is 0.219. The molecular weight excluding hydrogens is 413 g/mol. The Morgan fingerprint density at radius 3 is 2.28 bits per heavy atom. The van der Waals surface area contributed by atoms with Gasteiger partial charge in [0.25, 0.3) is 0 Å². The molecule has 0 amide bonds. The van der Waals surface area contributed by atoms with Gasteiger partial charge in [-0.1, -0.05) is 63.6 Å². The van der Waals surface area contributed by atoms with Crippen LogP contribution in [-0.4, -0.2) is 5.97 Å². The third-order valence-corrected chi connectivity index (χ3v) is 6.55. The van der Waals surface area contributed by atoms with Gasteiger partial charge in [-0.15, -0.1) is 0 Å². The van der Waals surface area contributed by atoms with Crippen LogP contribution in [0.5, 0.6) is 5.75 Å². The zero-order chi connectivity index (χ0) is 23.0. The van der Waals surface area contributed by atoms with E-state index in [0.717, 1.165) is 18.1 Å². The molecule has 2 nitrogen and oxygen atoms in total. The van der Waals surface area contributed by atoms with Crippen LogP contribution in [0.15, 0.2) is 48.5 Å². The number of hydrogen-bond donors (Lipinski definition) is 0. The average Bonchev–Trinajstić information content (AvgIpc) is 2.79. The second-order valence-corrected chi connectivity index (χ2v) is 8.96. The molecule has 1 saturated carbocycles. The van der Waals surface area contributed by atoms with E-state index in [1.54, 1.807) is 12.1 Å². The number of rotatable bonds is 9. The molecule has 2 aromatic rings. The summed E-state index contributed by atoms with van der Waals surface area (Å²) in [6.07, 6.45) is 8.45. The van der Waals surface area contributed by atoms with E-state index in [1.807, 2.05) is 12.1 Å². The molecule has 5 heteroatoms. The van der Waals surface area contributed by atoms with Gasteiger partial charge in [0.2, 0.25) is 0 Å². The molecule has 0 atom stereocenters. The van der Waals surface area contributed by atoms with Gasteiger partial charge in [0.15, 0.2) is 0 Å². The Morgan fingerprint density at radius 1 is 0.938 bits per heavy atom. The average molecular weight is 447 g/mol. The minimum absolute atomic E-state index is 0.114. The van der Waals surface area contributed by atoms with E-state index in [1.165, 1.54) is 81.9 Å². The van der Waals surface area contributed by atoms with Crippen LogP contribution in [0.2, 0.25) is 0 Å². The number of unbranched alkanes of at least 4 members (excludes halogenated alkanes) is 4. The molecular formula is C27H33F3O2. The first-order valence-corrected chi connectivity index (χ1v) is 11.9. The summed E-state index contributed by atoms with van der Waals surface area (Å²) < 4.78 is 43.9. The number of ether oxygens (including phenoxy) is 1. The molecule has 174 valence electrons. The highest BCUT2D eigenvalue weighted by Gasteiger charge is 2.31. The number of esters is 1. The van der Waals surface area contributed by atoms with Gasteiger partial charge in [0.05, 0.1) is 11.1 Å². The lowest BCUT2D eigenvalue weighted by Crippen LogP contribution is -2.14. The van der Waals surface area contributed by atoms with Crippen molar-refractivity contribution in [1.29, 1.82) is 0 Å². The SMILES string of the molecule is CCCCCCC[C@H]1CC[C@H](c2ccc(OC(=O)c3cccc(C(F)(F)F)c3)cc2)CC1. The molecule has 0 radical (unpaired) electrons. The summed E-state index contributed by atoms with van der Waals surface area (Å²) in [4.78, 5) is 12.3. The number of carbonyl (C=O) groups excluding carboxylic acids is 1. The van der Waals surface area contributed by atoms with Gasteiger partial charge in [-0.25, -0.2) is 4.79 Å². The molecule has 1 aliphatic rings. The maximum atomic E-state index is 12.9. The molecule has 3 rings (SSSR count). The fourth-order valence-electron chi connectivity index (χ4n) is 4.62. The Bertz CT molecular complexity index is 850. The topological polar surface area (TPSA) is 26.3 Å². The van der Waals surface area contributed by atoms with Crippen LogP contribution >= 0.6 is 0 Å². The lowest BCUT2D eigenvalue weighted by molar-refractivity contribution is -0.137. The number of hydrogen-bond acceptors (Lipinski definition) is 2. The zero-order valence-corrected chi connectivity index (χ0v) is 18.8. The Morgan fingerprint density at radius 2 is 1.62 bits per heavy atom. The van der Waals surface area contributed by atoms with Crippen molar-refractivity contribution in [3.8, 4) is 5.75 Å². The molecule has 0 heterocycles. The van der Waals surface area contributed by atoms with E-state index in [4.69, 9.17) is 4.74 Å². The molecule has 0 spiro atoms. The Kier molecular flexibility index (Phi) is 8.77. The van der Waals surface area contributed by atoms with Crippen LogP contribution in [0.4, 0.5) is 13.2 Å². The number of benzene rings is 2. The van der Waals surface area contributed by atoms with E-state index in [-0.39, 0.29) is 5.56 Å². The van der Waals surface area contributed by atoms with Crippen LogP contribution in [0.3, 0.4) is 0 Å². The highest BCUT2D eigenvalue weighted by atomic mass is 19.4. The van der Waals surface area contributed by atoms with Crippen molar-refractivity contribution in [3.05, 3.63) is 65.2 Å². The molecule has 1 aliphatic carbocycles. The molecule has 2 aromatic carbocycles. The molecule has 0 unspecified atom stereocenters. The van der Waals surface area contributed by atoms with Crippen molar-refractivity contribution >= 4 is 5.97 Å². The molecule has 32 heavy (non-hydrogen) atoms. The van der Waals surface area contributed by atoms with Gasteiger partial charge in [0, 0.05) is 0 Å². The van der Waals surface area contributed by atoms with Gasteiger partial charge in [-0.3, -0.25) is 0 Å². The summed E-state index contributed by atoms with van der Waals surface area (Å²) in [5, 5.41) is 0. The second kappa shape index (κ2) is 11.5. The van der Waals surface area contributed by atoms with Crippen LogP contribution < -0.4 is 4.74 Å². The van der Waals surface area contributed by atoms with Crippen molar-refractivity contribution < 1.29 is 22.7 Å². The first kappa shape index (κ1) is 24.3. The number of alkyl halides is 3. The molecule has 0 bridgehead atoms. The largest absolute Gasteiger partial charge is 0.423 e. The fourth-order valence-corrected chi connectivity index (χ4v) is 4.62. The Labute approximate surface area is 189 Å². The van der Waals surface area contributed by atoms with Crippen molar-refractivity contribution in [1.82, 2.24) is 0 Å². The minimum atomic E-state index is -4.49. The first-order chi connectivity index (χ1) is 15.4. The maximum Gasteiger partial charge on any atom is 0.416 e. The van der Waals surface area contributed by atoms with E-state index >= 15 is 0 Å². The van der Waals surface area contributed by atoms with Crippen LogP contribution in [0, 0.1) is 5.92 Å². The van der Waals surface area contributed by atoms with Gasteiger partial charge in [-0.2, -0.15) is 13.2 Å². The minimum Gasteiger partial charge on any atom is -0.423 e. The fraction of sp³-hybridized carbons (Fsp3) is 0.519. The highest BCUT2D eigenvalue weighted by Crippen LogP contribution is 2.38. The molecule has 0 saturated heterocycles. The van der Waals surface area contributed by atoms with Gasteiger partial charge < -0.3 is 4.74 Å². The molecule has 0 N–H and O–H groups in total. The predicted molar refractivity (Wildman–Crippen MR) is 121 cm³/mol. The normalized spacial score (nSPS) is 19.0. The van der Waals surface area contributed by atoms with E-state index in [2.05, 4.69) is 6.92 Å². The van der Waals surface area contributed by atoms with E-state index in [0.29, 0.717) is 11.7 Å². The molecule has 0 aromatic heterocycles. The number of halogens is 3. The third-order valence-electron chi connectivity index (χ3n) is 6.55. The summed E-state index contributed by atoms with van der Waals surface area (Å²) in [6, 6.07) is 11.7. The lowest BCUT2D eigenvalue weighted by Gasteiger charge is -2.29. The van der Waals surface area contributed by atoms with Crippen molar-refractivity contribution in [2.24, 2.45) is 5.92 Å². The summed E-state index contributed by atoms with van der Waals surface area (Å²) in [7, 11) is 0. The number of carbonyl (C=O) groups is 1. The monoisotopic (exact) mass is 446 g/mol. The van der Waals surface area contributed by atoms with Crippen LogP contribution in [-0.2, 0) is 6.18 Å². The van der Waals surface area contributed by atoms with Crippen LogP contribution in [0.25, 0.3) is 0 Å². The van der Waals surface area contributed by atoms with Gasteiger partial charge >= 0.3 is 12.1 Å². The van der Waals surface area contributed by atoms with Gasteiger partial charge in [-0.05, 0) is 73.4 Å². The van der Waals surface area contributed by atoms with Crippen LogP contribution in [0.1, 0.15) is 98.5 Å². The maximum absolute atomic E-state index is 12.9.